The number of hydrogen-bond donors (Lipinski definition) is 0. The van der Waals surface area contributed by atoms with Crippen LogP contribution in [0.1, 0.15) is 26.4 Å². The SMILES string of the molecule is COc1cc(CN(Cc2ccncc2)Cc2cc(C)sc2C)cc(OC)c1OC. The molecule has 2 aromatic heterocycles. The van der Waals surface area contributed by atoms with Gasteiger partial charge in [0.2, 0.25) is 5.75 Å². The summed E-state index contributed by atoms with van der Waals surface area (Å²) < 4.78 is 16.5. The van der Waals surface area contributed by atoms with Crippen LogP contribution in [0.3, 0.4) is 0 Å². The maximum atomic E-state index is 5.53. The summed E-state index contributed by atoms with van der Waals surface area (Å²) in [5.74, 6) is 1.96. The Balaban J connectivity index is 1.90. The van der Waals surface area contributed by atoms with Gasteiger partial charge in [-0.1, -0.05) is 0 Å². The highest BCUT2D eigenvalue weighted by Gasteiger charge is 2.17. The van der Waals surface area contributed by atoms with Crippen molar-refractivity contribution in [3.63, 3.8) is 0 Å². The smallest absolute Gasteiger partial charge is 0.203 e. The molecule has 154 valence electrons. The Morgan fingerprint density at radius 1 is 0.828 bits per heavy atom. The Hall–Kier alpha value is -2.57. The molecule has 6 heteroatoms. The Bertz CT molecular complexity index is 916. The van der Waals surface area contributed by atoms with Gasteiger partial charge in [-0.15, -0.1) is 11.3 Å². The normalized spacial score (nSPS) is 11.0. The number of pyridine rings is 1. The molecule has 0 saturated heterocycles. The summed E-state index contributed by atoms with van der Waals surface area (Å²) in [5, 5.41) is 0. The van der Waals surface area contributed by atoms with E-state index < -0.39 is 0 Å². The van der Waals surface area contributed by atoms with Crippen LogP contribution >= 0.6 is 11.3 Å². The van der Waals surface area contributed by atoms with Crippen LogP contribution in [0, 0.1) is 13.8 Å². The van der Waals surface area contributed by atoms with E-state index in [4.69, 9.17) is 14.2 Å². The van der Waals surface area contributed by atoms with E-state index >= 15 is 0 Å². The number of rotatable bonds is 9. The average molecular weight is 413 g/mol. The largest absolute Gasteiger partial charge is 0.493 e. The van der Waals surface area contributed by atoms with Crippen molar-refractivity contribution in [1.29, 1.82) is 0 Å². The lowest BCUT2D eigenvalue weighted by atomic mass is 10.1. The van der Waals surface area contributed by atoms with Gasteiger partial charge in [-0.2, -0.15) is 0 Å². The Morgan fingerprint density at radius 3 is 1.97 bits per heavy atom. The summed E-state index contributed by atoms with van der Waals surface area (Å²) >= 11 is 1.85. The number of benzene rings is 1. The van der Waals surface area contributed by atoms with Crippen molar-refractivity contribution in [3.8, 4) is 17.2 Å². The van der Waals surface area contributed by atoms with Crippen LogP contribution in [-0.4, -0.2) is 31.2 Å². The first kappa shape index (κ1) is 21.1. The number of aromatic nitrogens is 1. The molecule has 0 aliphatic heterocycles. The zero-order chi connectivity index (χ0) is 20.8. The molecule has 0 N–H and O–H groups in total. The highest BCUT2D eigenvalue weighted by atomic mass is 32.1. The van der Waals surface area contributed by atoms with E-state index in [9.17, 15) is 0 Å². The van der Waals surface area contributed by atoms with Crippen LogP contribution in [0.15, 0.2) is 42.7 Å². The molecule has 0 amide bonds. The molecule has 1 aromatic carbocycles. The summed E-state index contributed by atoms with van der Waals surface area (Å²) in [4.78, 5) is 9.27. The van der Waals surface area contributed by atoms with Crippen LogP contribution in [0.25, 0.3) is 0 Å². The maximum Gasteiger partial charge on any atom is 0.203 e. The fourth-order valence-electron chi connectivity index (χ4n) is 3.48. The van der Waals surface area contributed by atoms with Crippen molar-refractivity contribution >= 4 is 11.3 Å². The minimum Gasteiger partial charge on any atom is -0.493 e. The van der Waals surface area contributed by atoms with Crippen molar-refractivity contribution in [1.82, 2.24) is 9.88 Å². The summed E-state index contributed by atoms with van der Waals surface area (Å²) in [6.07, 6.45) is 3.68. The van der Waals surface area contributed by atoms with Crippen LogP contribution in [0.5, 0.6) is 17.2 Å². The van der Waals surface area contributed by atoms with Crippen molar-refractivity contribution in [2.45, 2.75) is 33.5 Å². The Labute approximate surface area is 176 Å². The molecule has 5 nitrogen and oxygen atoms in total. The van der Waals surface area contributed by atoms with E-state index in [-0.39, 0.29) is 0 Å². The second kappa shape index (κ2) is 9.76. The number of aryl methyl sites for hydroxylation is 2. The third kappa shape index (κ3) is 5.28. The summed E-state index contributed by atoms with van der Waals surface area (Å²) in [6.45, 7) is 6.81. The van der Waals surface area contributed by atoms with Gasteiger partial charge in [0.25, 0.3) is 0 Å². The third-order valence-corrected chi connectivity index (χ3v) is 5.83. The van der Waals surface area contributed by atoms with Gasteiger partial charge in [0, 0.05) is 41.8 Å². The fraction of sp³-hybridized carbons (Fsp3) is 0.348. The lowest BCUT2D eigenvalue weighted by molar-refractivity contribution is 0.246. The lowest BCUT2D eigenvalue weighted by Gasteiger charge is -2.24. The zero-order valence-electron chi connectivity index (χ0n) is 17.7. The molecule has 0 atom stereocenters. The maximum absolute atomic E-state index is 5.53. The van der Waals surface area contributed by atoms with Gasteiger partial charge in [0.15, 0.2) is 11.5 Å². The van der Waals surface area contributed by atoms with Crippen LogP contribution < -0.4 is 14.2 Å². The van der Waals surface area contributed by atoms with Gasteiger partial charge in [-0.25, -0.2) is 0 Å². The molecule has 0 saturated carbocycles. The number of nitrogens with zero attached hydrogens (tertiary/aromatic N) is 2. The second-order valence-electron chi connectivity index (χ2n) is 6.97. The van der Waals surface area contributed by atoms with Crippen molar-refractivity contribution < 1.29 is 14.2 Å². The Kier molecular flexibility index (Phi) is 7.12. The van der Waals surface area contributed by atoms with Crippen LogP contribution in [-0.2, 0) is 19.6 Å². The molecule has 2 heterocycles. The lowest BCUT2D eigenvalue weighted by Crippen LogP contribution is -2.22. The third-order valence-electron chi connectivity index (χ3n) is 4.82. The quantitative estimate of drug-likeness (QED) is 0.495. The van der Waals surface area contributed by atoms with E-state index in [2.05, 4.69) is 41.9 Å². The number of thiophene rings is 1. The first-order valence-corrected chi connectivity index (χ1v) is 10.3. The van der Waals surface area contributed by atoms with Gasteiger partial charge in [0.1, 0.15) is 0 Å². The minimum atomic E-state index is 0.615. The first-order valence-electron chi connectivity index (χ1n) is 9.50. The van der Waals surface area contributed by atoms with Crippen LogP contribution in [0.2, 0.25) is 0 Å². The molecule has 0 aliphatic carbocycles. The van der Waals surface area contributed by atoms with Crippen LogP contribution in [0.4, 0.5) is 0 Å². The molecule has 0 bridgehead atoms. The van der Waals surface area contributed by atoms with Gasteiger partial charge in [0.05, 0.1) is 21.3 Å². The molecule has 0 radical (unpaired) electrons. The molecule has 0 spiro atoms. The predicted octanol–water partition coefficient (Wildman–Crippen LogP) is 4.99. The highest BCUT2D eigenvalue weighted by Crippen LogP contribution is 2.38. The van der Waals surface area contributed by atoms with E-state index in [0.29, 0.717) is 17.2 Å². The molecule has 0 aliphatic rings. The van der Waals surface area contributed by atoms with Gasteiger partial charge < -0.3 is 14.2 Å². The van der Waals surface area contributed by atoms with Gasteiger partial charge >= 0.3 is 0 Å². The van der Waals surface area contributed by atoms with E-state index in [1.54, 1.807) is 21.3 Å². The number of methoxy groups -OCH3 is 3. The van der Waals surface area contributed by atoms with E-state index in [1.807, 2.05) is 35.9 Å². The average Bonchev–Trinajstić information content (AvgIpc) is 3.04. The summed E-state index contributed by atoms with van der Waals surface area (Å²) in [7, 11) is 4.91. The topological polar surface area (TPSA) is 43.8 Å². The van der Waals surface area contributed by atoms with E-state index in [0.717, 1.165) is 25.2 Å². The second-order valence-corrected chi connectivity index (χ2v) is 8.43. The standard InChI is InChI=1S/C23H28N2O3S/c1-16-10-20(17(2)29-16)15-25(13-18-6-8-24-9-7-18)14-19-11-21(26-3)23(28-5)22(12-19)27-4/h6-12H,13-15H2,1-5H3. The summed E-state index contributed by atoms with van der Waals surface area (Å²) in [5.41, 5.74) is 3.71. The minimum absolute atomic E-state index is 0.615. The molecule has 0 fully saturated rings. The summed E-state index contributed by atoms with van der Waals surface area (Å²) in [6, 6.07) is 10.5. The van der Waals surface area contributed by atoms with Crippen molar-refractivity contribution in [2.24, 2.45) is 0 Å². The monoisotopic (exact) mass is 412 g/mol. The molecule has 3 rings (SSSR count). The Morgan fingerprint density at radius 2 is 1.45 bits per heavy atom. The fourth-order valence-corrected chi connectivity index (χ4v) is 4.42. The number of ether oxygens (including phenoxy) is 3. The number of hydrogen-bond acceptors (Lipinski definition) is 6. The van der Waals surface area contributed by atoms with Crippen molar-refractivity contribution in [3.05, 3.63) is 69.2 Å². The molecule has 0 unspecified atom stereocenters. The zero-order valence-corrected chi connectivity index (χ0v) is 18.5. The molecule has 29 heavy (non-hydrogen) atoms. The predicted molar refractivity (Wildman–Crippen MR) is 117 cm³/mol. The molecular weight excluding hydrogens is 384 g/mol. The van der Waals surface area contributed by atoms with Crippen molar-refractivity contribution in [2.75, 3.05) is 21.3 Å². The highest BCUT2D eigenvalue weighted by molar-refractivity contribution is 7.12. The van der Waals surface area contributed by atoms with Gasteiger partial charge in [-0.3, -0.25) is 9.88 Å². The van der Waals surface area contributed by atoms with E-state index in [1.165, 1.54) is 20.9 Å². The molecule has 3 aromatic rings. The van der Waals surface area contributed by atoms with Gasteiger partial charge in [-0.05, 0) is 60.9 Å². The first-order chi connectivity index (χ1) is 14.0. The molecular formula is C23H28N2O3S.